The highest BCUT2D eigenvalue weighted by Gasteiger charge is 2.34. The molecule has 0 N–H and O–H groups in total. The van der Waals surface area contributed by atoms with Crippen molar-refractivity contribution in [2.24, 2.45) is 0 Å². The van der Waals surface area contributed by atoms with Crippen LogP contribution in [0.2, 0.25) is 0 Å². The fourth-order valence-electron chi connectivity index (χ4n) is 1.31. The van der Waals surface area contributed by atoms with E-state index >= 15 is 0 Å². The van der Waals surface area contributed by atoms with Crippen LogP contribution < -0.4 is 0 Å². The van der Waals surface area contributed by atoms with Gasteiger partial charge in [0.25, 0.3) is 11.5 Å². The summed E-state index contributed by atoms with van der Waals surface area (Å²) in [6, 6.07) is 5.28. The normalized spacial score (nSPS) is 11.1. The van der Waals surface area contributed by atoms with Crippen molar-refractivity contribution in [3.05, 3.63) is 45.5 Å². The van der Waals surface area contributed by atoms with Crippen molar-refractivity contribution in [3.8, 4) is 0 Å². The minimum atomic E-state index is -1.13. The molecule has 8 nitrogen and oxygen atoms in total. The van der Waals surface area contributed by atoms with E-state index < -0.39 is 27.8 Å². The summed E-state index contributed by atoms with van der Waals surface area (Å²) in [7, 11) is 0. The number of nitro benzene ring substituents is 1. The predicted octanol–water partition coefficient (Wildman–Crippen LogP) is 1.51. The van der Waals surface area contributed by atoms with Crippen molar-refractivity contribution in [1.29, 1.82) is 0 Å². The number of benzene rings is 1. The second-order valence-corrected chi connectivity index (χ2v) is 4.58. The second-order valence-electron chi connectivity index (χ2n) is 3.93. The number of alkyl halides is 1. The maximum Gasteiger partial charge on any atom is 0.443 e. The molecule has 1 unspecified atom stereocenters. The Morgan fingerprint density at radius 1 is 1.43 bits per heavy atom. The van der Waals surface area contributed by atoms with Crippen molar-refractivity contribution >= 4 is 34.8 Å². The van der Waals surface area contributed by atoms with E-state index in [1.54, 1.807) is 0 Å². The van der Waals surface area contributed by atoms with Crippen LogP contribution in [0, 0.1) is 10.1 Å². The third kappa shape index (κ3) is 4.48. The smallest absolute Gasteiger partial charge is 0.443 e. The standard InChI is InChI=1S/C12H10ClN3O5/c1-7(13)11(17)10(15-14)12(18)21-6-8-2-4-9(5-3-8)16(19)20/h2-5,7H,6H2,1H3. The number of hydrogen-bond donors (Lipinski definition) is 0. The number of halogens is 1. The average molecular weight is 312 g/mol. The zero-order chi connectivity index (χ0) is 16.0. The first-order valence-corrected chi connectivity index (χ1v) is 6.11. The molecule has 0 spiro atoms. The average Bonchev–Trinajstić information content (AvgIpc) is 2.46. The van der Waals surface area contributed by atoms with Crippen LogP contribution >= 0.6 is 11.6 Å². The fourth-order valence-corrected chi connectivity index (χ4v) is 1.41. The van der Waals surface area contributed by atoms with Crippen molar-refractivity contribution in [2.45, 2.75) is 18.9 Å². The lowest BCUT2D eigenvalue weighted by Gasteiger charge is -2.02. The van der Waals surface area contributed by atoms with Crippen LogP contribution in [0.4, 0.5) is 5.69 Å². The number of hydrogen-bond acceptors (Lipinski definition) is 5. The number of non-ortho nitro benzene ring substituents is 1. The van der Waals surface area contributed by atoms with Crippen LogP contribution in [0.15, 0.2) is 24.3 Å². The van der Waals surface area contributed by atoms with Gasteiger partial charge < -0.3 is 10.3 Å². The van der Waals surface area contributed by atoms with Crippen LogP contribution in [0.5, 0.6) is 0 Å². The first-order chi connectivity index (χ1) is 9.86. The molecule has 0 bridgehead atoms. The van der Waals surface area contributed by atoms with Gasteiger partial charge in [0.05, 0.1) is 4.92 Å². The Balaban J connectivity index is 2.70. The molecule has 1 atom stereocenters. The molecule has 0 radical (unpaired) electrons. The maximum atomic E-state index is 11.6. The number of carbonyl (C=O) groups is 2. The summed E-state index contributed by atoms with van der Waals surface area (Å²) in [5.74, 6) is -2.00. The molecule has 0 aromatic heterocycles. The van der Waals surface area contributed by atoms with Gasteiger partial charge in [-0.05, 0) is 24.6 Å². The van der Waals surface area contributed by atoms with Crippen molar-refractivity contribution < 1.29 is 24.0 Å². The van der Waals surface area contributed by atoms with Gasteiger partial charge >= 0.3 is 11.7 Å². The van der Waals surface area contributed by atoms with Gasteiger partial charge in [0, 0.05) is 12.1 Å². The Morgan fingerprint density at radius 3 is 2.43 bits per heavy atom. The van der Waals surface area contributed by atoms with E-state index in [0.717, 1.165) is 0 Å². The predicted molar refractivity (Wildman–Crippen MR) is 71.8 cm³/mol. The lowest BCUT2D eigenvalue weighted by Crippen LogP contribution is -2.31. The van der Waals surface area contributed by atoms with Crippen LogP contribution in [0.3, 0.4) is 0 Å². The number of nitro groups is 1. The third-order valence-corrected chi connectivity index (χ3v) is 2.60. The monoisotopic (exact) mass is 311 g/mol. The van der Waals surface area contributed by atoms with Crippen molar-refractivity contribution in [1.82, 2.24) is 0 Å². The van der Waals surface area contributed by atoms with Crippen LogP contribution in [0.1, 0.15) is 12.5 Å². The van der Waals surface area contributed by atoms with E-state index in [1.807, 2.05) is 0 Å². The van der Waals surface area contributed by atoms with E-state index in [4.69, 9.17) is 21.9 Å². The zero-order valence-corrected chi connectivity index (χ0v) is 11.6. The molecule has 0 fully saturated rings. The van der Waals surface area contributed by atoms with E-state index in [2.05, 4.69) is 4.79 Å². The highest BCUT2D eigenvalue weighted by Crippen LogP contribution is 2.12. The largest absolute Gasteiger partial charge is 0.452 e. The van der Waals surface area contributed by atoms with Gasteiger partial charge in [0.1, 0.15) is 12.0 Å². The quantitative estimate of drug-likeness (QED) is 0.115. The molecule has 0 amide bonds. The molecule has 0 saturated heterocycles. The molecule has 1 aromatic rings. The summed E-state index contributed by atoms with van der Waals surface area (Å²) in [4.78, 5) is 35.5. The Labute approximate surface area is 124 Å². The van der Waals surface area contributed by atoms with Gasteiger partial charge in [0.15, 0.2) is 0 Å². The summed E-state index contributed by atoms with van der Waals surface area (Å²) in [5, 5.41) is 9.43. The molecule has 9 heteroatoms. The second kappa shape index (κ2) is 7.28. The molecule has 110 valence electrons. The summed E-state index contributed by atoms with van der Waals surface area (Å²) in [6.45, 7) is 1.08. The van der Waals surface area contributed by atoms with Crippen LogP contribution in [-0.2, 0) is 20.9 Å². The van der Waals surface area contributed by atoms with Crippen LogP contribution in [-0.4, -0.2) is 32.6 Å². The molecule has 0 aliphatic carbocycles. The van der Waals surface area contributed by atoms with Gasteiger partial charge in [-0.2, -0.15) is 4.79 Å². The minimum absolute atomic E-state index is 0.103. The third-order valence-electron chi connectivity index (χ3n) is 2.41. The Bertz CT molecular complexity index is 620. The topological polar surface area (TPSA) is 123 Å². The SMILES string of the molecule is CC(Cl)C(=O)C(=[N+]=[N-])C(=O)OCc1ccc([N+](=O)[O-])cc1. The highest BCUT2D eigenvalue weighted by atomic mass is 35.5. The van der Waals surface area contributed by atoms with Gasteiger partial charge in [-0.1, -0.05) is 0 Å². The molecular weight excluding hydrogens is 302 g/mol. The fraction of sp³-hybridized carbons (Fsp3) is 0.250. The van der Waals surface area contributed by atoms with Crippen molar-refractivity contribution in [3.63, 3.8) is 0 Å². The summed E-state index contributed by atoms with van der Waals surface area (Å²) < 4.78 is 4.77. The molecular formula is C12H10ClN3O5. The van der Waals surface area contributed by atoms with E-state index in [1.165, 1.54) is 31.2 Å². The minimum Gasteiger partial charge on any atom is -0.452 e. The molecule has 1 rings (SSSR count). The Hall–Kier alpha value is -2.57. The van der Waals surface area contributed by atoms with Crippen LogP contribution in [0.25, 0.3) is 5.53 Å². The molecule has 1 aromatic carbocycles. The Kier molecular flexibility index (Phi) is 5.71. The van der Waals surface area contributed by atoms with E-state index in [9.17, 15) is 19.7 Å². The molecule has 21 heavy (non-hydrogen) atoms. The highest BCUT2D eigenvalue weighted by molar-refractivity contribution is 6.66. The molecule has 0 heterocycles. The number of carbonyl (C=O) groups excluding carboxylic acids is 2. The van der Waals surface area contributed by atoms with Gasteiger partial charge in [-0.15, -0.1) is 11.6 Å². The van der Waals surface area contributed by atoms with Gasteiger partial charge in [-0.3, -0.25) is 14.9 Å². The van der Waals surface area contributed by atoms with E-state index in [0.29, 0.717) is 5.56 Å². The number of Topliss-reactive ketones (excluding diaryl/α,β-unsaturated/α-hetero) is 1. The number of ether oxygens (including phenoxy) is 1. The molecule has 0 saturated carbocycles. The first-order valence-electron chi connectivity index (χ1n) is 5.67. The van der Waals surface area contributed by atoms with Gasteiger partial charge in [0.2, 0.25) is 0 Å². The summed E-state index contributed by atoms with van der Waals surface area (Å²) >= 11 is 5.50. The Morgan fingerprint density at radius 2 is 2.00 bits per heavy atom. The number of ketones is 1. The van der Waals surface area contributed by atoms with Gasteiger partial charge in [-0.25, -0.2) is 4.79 Å². The molecule has 0 aliphatic heterocycles. The lowest BCUT2D eigenvalue weighted by molar-refractivity contribution is -0.384. The summed E-state index contributed by atoms with van der Waals surface area (Å²) in [5.41, 5.74) is 8.20. The zero-order valence-electron chi connectivity index (χ0n) is 10.9. The number of nitrogens with zero attached hydrogens (tertiary/aromatic N) is 3. The molecule has 0 aliphatic rings. The van der Waals surface area contributed by atoms with E-state index in [-0.39, 0.29) is 12.3 Å². The van der Waals surface area contributed by atoms with Crippen molar-refractivity contribution in [2.75, 3.05) is 0 Å². The lowest BCUT2D eigenvalue weighted by atomic mass is 10.2. The maximum absolute atomic E-state index is 11.6. The first kappa shape index (κ1) is 16.5. The summed E-state index contributed by atoms with van der Waals surface area (Å²) in [6.07, 6.45) is 0. The number of rotatable bonds is 6. The number of esters is 1.